The van der Waals surface area contributed by atoms with Gasteiger partial charge in [-0.05, 0) is 34.4 Å². The first-order valence-electron chi connectivity index (χ1n) is 9.66. The van der Waals surface area contributed by atoms with E-state index in [4.69, 9.17) is 9.47 Å². The number of carbonyl (C=O) groups excluding carboxylic acids is 1. The van der Waals surface area contributed by atoms with Gasteiger partial charge in [-0.2, -0.15) is 10.2 Å². The number of carbonyl (C=O) groups is 1. The van der Waals surface area contributed by atoms with Crippen LogP contribution in [0, 0.1) is 0 Å². The predicted octanol–water partition coefficient (Wildman–Crippen LogP) is 5.03. The highest BCUT2D eigenvalue weighted by atomic mass is 16.5. The van der Waals surface area contributed by atoms with E-state index in [1.54, 1.807) is 7.11 Å². The maximum atomic E-state index is 13.2. The SMILES string of the molecule is COC(=O)C1(c2ccc(OC)cc2)N=NCC1=C(c1ccccc1)c1ccccc1. The highest BCUT2D eigenvalue weighted by Crippen LogP contribution is 2.45. The molecule has 1 heterocycles. The van der Waals surface area contributed by atoms with Crippen molar-refractivity contribution in [2.75, 3.05) is 20.8 Å². The molecule has 0 aromatic heterocycles. The van der Waals surface area contributed by atoms with Crippen LogP contribution in [0.2, 0.25) is 0 Å². The van der Waals surface area contributed by atoms with Gasteiger partial charge in [0, 0.05) is 5.57 Å². The van der Waals surface area contributed by atoms with E-state index in [-0.39, 0.29) is 0 Å². The molecule has 1 atom stereocenters. The van der Waals surface area contributed by atoms with Crippen molar-refractivity contribution in [3.05, 3.63) is 107 Å². The fourth-order valence-electron chi connectivity index (χ4n) is 3.87. The molecule has 1 unspecified atom stereocenters. The van der Waals surface area contributed by atoms with Gasteiger partial charge in [0.25, 0.3) is 0 Å². The fraction of sp³-hybridized carbons (Fsp3) is 0.160. The van der Waals surface area contributed by atoms with Gasteiger partial charge in [0.15, 0.2) is 0 Å². The van der Waals surface area contributed by atoms with E-state index in [2.05, 4.69) is 10.2 Å². The van der Waals surface area contributed by atoms with Crippen LogP contribution < -0.4 is 4.74 Å². The zero-order valence-electron chi connectivity index (χ0n) is 16.9. The van der Waals surface area contributed by atoms with Gasteiger partial charge >= 0.3 is 5.97 Å². The van der Waals surface area contributed by atoms with Crippen LogP contribution in [0.4, 0.5) is 0 Å². The first-order valence-corrected chi connectivity index (χ1v) is 9.66. The Morgan fingerprint density at radius 2 is 1.40 bits per heavy atom. The van der Waals surface area contributed by atoms with E-state index in [1.807, 2.05) is 84.9 Å². The van der Waals surface area contributed by atoms with E-state index in [0.717, 1.165) is 22.3 Å². The Bertz CT molecular complexity index is 1050. The summed E-state index contributed by atoms with van der Waals surface area (Å²) in [5.41, 5.74) is 3.05. The molecule has 150 valence electrons. The van der Waals surface area contributed by atoms with Gasteiger partial charge in [0.05, 0.1) is 20.8 Å². The summed E-state index contributed by atoms with van der Waals surface area (Å²) >= 11 is 0. The van der Waals surface area contributed by atoms with E-state index in [9.17, 15) is 4.79 Å². The van der Waals surface area contributed by atoms with Gasteiger partial charge < -0.3 is 9.47 Å². The third-order valence-electron chi connectivity index (χ3n) is 5.30. The van der Waals surface area contributed by atoms with Gasteiger partial charge in [-0.15, -0.1) is 0 Å². The summed E-state index contributed by atoms with van der Waals surface area (Å²) in [7, 11) is 2.98. The number of esters is 1. The van der Waals surface area contributed by atoms with E-state index in [1.165, 1.54) is 7.11 Å². The van der Waals surface area contributed by atoms with Crippen molar-refractivity contribution < 1.29 is 14.3 Å². The molecule has 0 fully saturated rings. The highest BCUT2D eigenvalue weighted by molar-refractivity contribution is 5.94. The number of methoxy groups -OCH3 is 2. The zero-order valence-corrected chi connectivity index (χ0v) is 16.9. The van der Waals surface area contributed by atoms with Crippen molar-refractivity contribution in [3.8, 4) is 5.75 Å². The van der Waals surface area contributed by atoms with Crippen molar-refractivity contribution in [3.63, 3.8) is 0 Å². The third-order valence-corrected chi connectivity index (χ3v) is 5.30. The van der Waals surface area contributed by atoms with Crippen molar-refractivity contribution in [1.82, 2.24) is 0 Å². The van der Waals surface area contributed by atoms with Crippen molar-refractivity contribution in [2.45, 2.75) is 5.54 Å². The second kappa shape index (κ2) is 8.33. The number of rotatable bonds is 5. The number of ether oxygens (including phenoxy) is 2. The molecule has 4 rings (SSSR count). The summed E-state index contributed by atoms with van der Waals surface area (Å²) in [6.07, 6.45) is 0. The van der Waals surface area contributed by atoms with Crippen LogP contribution >= 0.6 is 0 Å². The molecule has 0 saturated heterocycles. The molecule has 1 aliphatic rings. The number of azo groups is 1. The standard InChI is InChI=1S/C25H22N2O3/c1-29-21-15-13-20(14-16-21)25(24(28)30-2)22(17-26-27-25)23(18-9-5-3-6-10-18)19-11-7-4-8-12-19/h3-16H,17H2,1-2H3. The van der Waals surface area contributed by atoms with E-state index < -0.39 is 11.5 Å². The molecule has 1 aliphatic heterocycles. The molecular weight excluding hydrogens is 376 g/mol. The molecule has 5 heteroatoms. The number of benzene rings is 3. The zero-order chi connectivity index (χ0) is 21.0. The Hall–Kier alpha value is -3.73. The Balaban J connectivity index is 2.03. The quantitative estimate of drug-likeness (QED) is 0.566. The van der Waals surface area contributed by atoms with Crippen LogP contribution in [-0.4, -0.2) is 26.7 Å². The molecular formula is C25H22N2O3. The molecule has 0 bridgehead atoms. The Morgan fingerprint density at radius 1 is 0.833 bits per heavy atom. The van der Waals surface area contributed by atoms with Crippen LogP contribution in [0.5, 0.6) is 5.75 Å². The van der Waals surface area contributed by atoms with Crippen LogP contribution in [0.1, 0.15) is 16.7 Å². The fourth-order valence-corrected chi connectivity index (χ4v) is 3.87. The lowest BCUT2D eigenvalue weighted by molar-refractivity contribution is -0.145. The minimum absolute atomic E-state index is 0.306. The molecule has 30 heavy (non-hydrogen) atoms. The van der Waals surface area contributed by atoms with Crippen LogP contribution in [-0.2, 0) is 15.1 Å². The van der Waals surface area contributed by atoms with Crippen molar-refractivity contribution in [2.24, 2.45) is 10.2 Å². The maximum absolute atomic E-state index is 13.2. The average Bonchev–Trinajstić information content (AvgIpc) is 3.25. The second-order valence-corrected chi connectivity index (χ2v) is 6.92. The van der Waals surface area contributed by atoms with E-state index >= 15 is 0 Å². The lowest BCUT2D eigenvalue weighted by Gasteiger charge is -2.27. The van der Waals surface area contributed by atoms with Crippen LogP contribution in [0.25, 0.3) is 5.57 Å². The molecule has 3 aromatic rings. The second-order valence-electron chi connectivity index (χ2n) is 6.92. The van der Waals surface area contributed by atoms with Crippen LogP contribution in [0.3, 0.4) is 0 Å². The van der Waals surface area contributed by atoms with Gasteiger partial charge in [-0.3, -0.25) is 0 Å². The third kappa shape index (κ3) is 3.28. The van der Waals surface area contributed by atoms with Gasteiger partial charge in [-0.25, -0.2) is 4.79 Å². The van der Waals surface area contributed by atoms with Crippen molar-refractivity contribution >= 4 is 11.5 Å². The normalized spacial score (nSPS) is 17.6. The van der Waals surface area contributed by atoms with Gasteiger partial charge in [0.2, 0.25) is 5.54 Å². The Kier molecular flexibility index (Phi) is 5.44. The maximum Gasteiger partial charge on any atom is 0.344 e. The molecule has 0 amide bonds. The first-order chi connectivity index (χ1) is 14.7. The monoisotopic (exact) mass is 398 g/mol. The topological polar surface area (TPSA) is 60.2 Å². The summed E-state index contributed by atoms with van der Waals surface area (Å²) in [5.74, 6) is 0.235. The van der Waals surface area contributed by atoms with Gasteiger partial charge in [0.1, 0.15) is 5.75 Å². The molecule has 0 spiro atoms. The number of nitrogens with zero attached hydrogens (tertiary/aromatic N) is 2. The van der Waals surface area contributed by atoms with Crippen LogP contribution in [0.15, 0.2) is 101 Å². The first kappa shape index (κ1) is 19.6. The van der Waals surface area contributed by atoms with Crippen molar-refractivity contribution in [1.29, 1.82) is 0 Å². The average molecular weight is 398 g/mol. The summed E-state index contributed by atoms with van der Waals surface area (Å²) in [6.45, 7) is 0.306. The Labute approximate surface area is 175 Å². The lowest BCUT2D eigenvalue weighted by atomic mass is 9.78. The minimum atomic E-state index is -1.35. The molecule has 3 aromatic carbocycles. The molecule has 5 nitrogen and oxygen atoms in total. The summed E-state index contributed by atoms with van der Waals surface area (Å²) in [5, 5.41) is 8.78. The van der Waals surface area contributed by atoms with Gasteiger partial charge in [-0.1, -0.05) is 72.8 Å². The molecule has 0 aliphatic carbocycles. The van der Waals surface area contributed by atoms with E-state index in [0.29, 0.717) is 17.9 Å². The minimum Gasteiger partial charge on any atom is -0.497 e. The summed E-state index contributed by atoms with van der Waals surface area (Å²) < 4.78 is 10.5. The molecule has 0 N–H and O–H groups in total. The molecule has 0 radical (unpaired) electrons. The highest BCUT2D eigenvalue weighted by Gasteiger charge is 2.50. The predicted molar refractivity (Wildman–Crippen MR) is 115 cm³/mol. The summed E-state index contributed by atoms with van der Waals surface area (Å²) in [4.78, 5) is 13.2. The molecule has 0 saturated carbocycles. The smallest absolute Gasteiger partial charge is 0.344 e. The number of hydrogen-bond donors (Lipinski definition) is 0. The number of hydrogen-bond acceptors (Lipinski definition) is 5. The Morgan fingerprint density at radius 3 is 1.90 bits per heavy atom. The largest absolute Gasteiger partial charge is 0.497 e. The summed E-state index contributed by atoms with van der Waals surface area (Å²) in [6, 6.07) is 27.3. The lowest BCUT2D eigenvalue weighted by Crippen LogP contribution is -2.36.